The van der Waals surface area contributed by atoms with E-state index in [2.05, 4.69) is 79.9 Å². The molecule has 0 fully saturated rings. The number of rotatable bonds is 4. The smallest absolute Gasteiger partial charge is 0.157 e. The first-order chi connectivity index (χ1) is 15.1. The van der Waals surface area contributed by atoms with Gasteiger partial charge in [-0.15, -0.1) is 23.7 Å². The van der Waals surface area contributed by atoms with Crippen molar-refractivity contribution in [3.63, 3.8) is 0 Å². The molecule has 4 rings (SSSR count). The number of anilines is 1. The normalized spacial score (nSPS) is 11.6. The van der Waals surface area contributed by atoms with Crippen LogP contribution >= 0.6 is 23.7 Å². The van der Waals surface area contributed by atoms with E-state index < -0.39 is 0 Å². The molecule has 1 aromatic carbocycles. The van der Waals surface area contributed by atoms with Crippen LogP contribution in [-0.2, 0) is 0 Å². The van der Waals surface area contributed by atoms with E-state index in [0.717, 1.165) is 38.9 Å². The second kappa shape index (κ2) is 9.59. The third-order valence-electron chi connectivity index (χ3n) is 5.54. The van der Waals surface area contributed by atoms with Gasteiger partial charge in [-0.05, 0) is 49.9 Å². The SMILES string of the molecule is CN(c1c(-c2ccc(C#Cc3ccccc3)s2)nc2cnccn12)C(C)(C)CC(C)(C)C.Cl. The predicted molar refractivity (Wildman–Crippen MR) is 143 cm³/mol. The van der Waals surface area contributed by atoms with E-state index in [1.54, 1.807) is 11.3 Å². The highest BCUT2D eigenvalue weighted by Crippen LogP contribution is 2.40. The lowest BCUT2D eigenvalue weighted by molar-refractivity contribution is 0.278. The number of fused-ring (bicyclic) bond motifs is 1. The summed E-state index contributed by atoms with van der Waals surface area (Å²) in [6.07, 6.45) is 6.68. The number of halogens is 1. The van der Waals surface area contributed by atoms with Crippen molar-refractivity contribution < 1.29 is 0 Å². The highest BCUT2D eigenvalue weighted by Gasteiger charge is 2.33. The Hall–Kier alpha value is -2.81. The average molecular weight is 479 g/mol. The number of hydrogen-bond acceptors (Lipinski definition) is 4. The number of nitrogens with zero attached hydrogens (tertiary/aromatic N) is 4. The van der Waals surface area contributed by atoms with Crippen LogP contribution in [0.25, 0.3) is 16.2 Å². The molecule has 33 heavy (non-hydrogen) atoms. The zero-order valence-corrected chi connectivity index (χ0v) is 21.7. The standard InChI is InChI=1S/C27H30N4S.ClH/c1-26(2,3)19-27(4,5)30(6)25-24(29-23-18-28-16-17-31(23)25)22-15-14-21(32-22)13-12-20-10-8-7-9-11-20;/h7-11,14-18H,19H2,1-6H3;1H. The van der Waals surface area contributed by atoms with Gasteiger partial charge in [0.25, 0.3) is 0 Å². The van der Waals surface area contributed by atoms with E-state index in [4.69, 9.17) is 4.98 Å². The molecule has 0 saturated carbocycles. The summed E-state index contributed by atoms with van der Waals surface area (Å²) in [4.78, 5) is 13.8. The van der Waals surface area contributed by atoms with Crippen molar-refractivity contribution in [3.05, 3.63) is 71.5 Å². The molecule has 4 aromatic rings. The van der Waals surface area contributed by atoms with Crippen LogP contribution in [0.1, 0.15) is 51.5 Å². The minimum Gasteiger partial charge on any atom is -0.354 e. The Morgan fingerprint density at radius 2 is 1.73 bits per heavy atom. The molecule has 0 radical (unpaired) electrons. The number of benzene rings is 1. The highest BCUT2D eigenvalue weighted by atomic mass is 35.5. The Kier molecular flexibility index (Phi) is 7.21. The molecular formula is C27H31ClN4S. The molecule has 0 bridgehead atoms. The maximum atomic E-state index is 4.97. The van der Waals surface area contributed by atoms with Gasteiger partial charge in [-0.2, -0.15) is 0 Å². The Balaban J connectivity index is 0.00000306. The van der Waals surface area contributed by atoms with E-state index in [1.165, 1.54) is 0 Å². The fourth-order valence-corrected chi connectivity index (χ4v) is 5.12. The Labute approximate surface area is 207 Å². The van der Waals surface area contributed by atoms with Crippen LogP contribution in [0.3, 0.4) is 0 Å². The first kappa shape index (κ1) is 24.8. The number of thiophene rings is 1. The summed E-state index contributed by atoms with van der Waals surface area (Å²) < 4.78 is 2.14. The Morgan fingerprint density at radius 3 is 2.42 bits per heavy atom. The van der Waals surface area contributed by atoms with Gasteiger partial charge in [0, 0.05) is 30.5 Å². The zero-order valence-electron chi connectivity index (χ0n) is 20.1. The van der Waals surface area contributed by atoms with E-state index in [-0.39, 0.29) is 23.4 Å². The van der Waals surface area contributed by atoms with Gasteiger partial charge in [0.05, 0.1) is 16.0 Å². The maximum Gasteiger partial charge on any atom is 0.157 e. The molecule has 3 aromatic heterocycles. The molecule has 0 aliphatic carbocycles. The Morgan fingerprint density at radius 1 is 1.00 bits per heavy atom. The minimum absolute atomic E-state index is 0. The topological polar surface area (TPSA) is 33.4 Å². The summed E-state index contributed by atoms with van der Waals surface area (Å²) in [5, 5.41) is 0. The second-order valence-electron chi connectivity index (χ2n) is 9.98. The van der Waals surface area contributed by atoms with Gasteiger partial charge in [-0.25, -0.2) is 4.98 Å². The summed E-state index contributed by atoms with van der Waals surface area (Å²) in [6.45, 7) is 11.5. The molecule has 0 amide bonds. The fourth-order valence-electron chi connectivity index (χ4n) is 4.27. The monoisotopic (exact) mass is 478 g/mol. The first-order valence-corrected chi connectivity index (χ1v) is 11.7. The van der Waals surface area contributed by atoms with E-state index in [0.29, 0.717) is 0 Å². The number of aromatic nitrogens is 3. The van der Waals surface area contributed by atoms with Crippen molar-refractivity contribution in [3.8, 4) is 22.4 Å². The van der Waals surface area contributed by atoms with Crippen LogP contribution < -0.4 is 4.90 Å². The predicted octanol–water partition coefficient (Wildman–Crippen LogP) is 6.93. The van der Waals surface area contributed by atoms with Gasteiger partial charge in [0.1, 0.15) is 11.5 Å². The lowest BCUT2D eigenvalue weighted by Gasteiger charge is -2.41. The molecule has 3 heterocycles. The third-order valence-corrected chi connectivity index (χ3v) is 6.54. The van der Waals surface area contributed by atoms with Gasteiger partial charge in [-0.1, -0.05) is 50.8 Å². The van der Waals surface area contributed by atoms with Crippen LogP contribution in [0, 0.1) is 17.3 Å². The van der Waals surface area contributed by atoms with E-state index in [1.807, 2.05) is 48.9 Å². The molecule has 0 aliphatic rings. The second-order valence-corrected chi connectivity index (χ2v) is 11.1. The van der Waals surface area contributed by atoms with Crippen LogP contribution in [0.2, 0.25) is 0 Å². The summed E-state index contributed by atoms with van der Waals surface area (Å²) >= 11 is 1.68. The maximum absolute atomic E-state index is 4.97. The molecular weight excluding hydrogens is 448 g/mol. The lowest BCUT2D eigenvalue weighted by atomic mass is 9.81. The quantitative estimate of drug-likeness (QED) is 0.298. The minimum atomic E-state index is -0.0561. The zero-order chi connectivity index (χ0) is 22.9. The molecule has 6 heteroatoms. The highest BCUT2D eigenvalue weighted by molar-refractivity contribution is 7.16. The first-order valence-electron chi connectivity index (χ1n) is 10.9. The van der Waals surface area contributed by atoms with Crippen LogP contribution in [0.5, 0.6) is 0 Å². The van der Waals surface area contributed by atoms with Crippen molar-refractivity contribution in [1.29, 1.82) is 0 Å². The largest absolute Gasteiger partial charge is 0.354 e. The van der Waals surface area contributed by atoms with Gasteiger partial charge >= 0.3 is 0 Å². The van der Waals surface area contributed by atoms with E-state index >= 15 is 0 Å². The summed E-state index contributed by atoms with van der Waals surface area (Å²) in [7, 11) is 2.17. The Bertz CT molecular complexity index is 1290. The van der Waals surface area contributed by atoms with Gasteiger partial charge in [0.2, 0.25) is 0 Å². The molecule has 172 valence electrons. The van der Waals surface area contributed by atoms with E-state index in [9.17, 15) is 0 Å². The van der Waals surface area contributed by atoms with Crippen molar-refractivity contribution >= 4 is 35.2 Å². The molecule has 0 spiro atoms. The van der Waals surface area contributed by atoms with Crippen LogP contribution in [0.15, 0.2) is 61.1 Å². The summed E-state index contributed by atoms with van der Waals surface area (Å²) in [5.74, 6) is 7.64. The molecule has 0 atom stereocenters. The van der Waals surface area contributed by atoms with Gasteiger partial charge in [-0.3, -0.25) is 9.38 Å². The fraction of sp³-hybridized carbons (Fsp3) is 0.333. The molecule has 0 unspecified atom stereocenters. The third kappa shape index (κ3) is 5.58. The molecule has 0 N–H and O–H groups in total. The molecule has 0 saturated heterocycles. The number of imidazole rings is 1. The van der Waals surface area contributed by atoms with Gasteiger partial charge in [0.15, 0.2) is 5.65 Å². The van der Waals surface area contributed by atoms with Crippen LogP contribution in [-0.4, -0.2) is 27.0 Å². The van der Waals surface area contributed by atoms with Gasteiger partial charge < -0.3 is 4.90 Å². The molecule has 0 aliphatic heterocycles. The van der Waals surface area contributed by atoms with Crippen LogP contribution in [0.4, 0.5) is 5.82 Å². The van der Waals surface area contributed by atoms with Crippen molar-refractivity contribution in [2.45, 2.75) is 46.6 Å². The summed E-state index contributed by atoms with van der Waals surface area (Å²) in [6, 6.07) is 14.3. The lowest BCUT2D eigenvalue weighted by Crippen LogP contribution is -2.44. The van der Waals surface area contributed by atoms with Crippen molar-refractivity contribution in [2.24, 2.45) is 5.41 Å². The molecule has 4 nitrogen and oxygen atoms in total. The van der Waals surface area contributed by atoms with Crippen molar-refractivity contribution in [1.82, 2.24) is 14.4 Å². The average Bonchev–Trinajstić information content (AvgIpc) is 3.35. The van der Waals surface area contributed by atoms with Crippen molar-refractivity contribution in [2.75, 3.05) is 11.9 Å². The summed E-state index contributed by atoms with van der Waals surface area (Å²) in [5.41, 5.74) is 3.00. The number of hydrogen-bond donors (Lipinski definition) is 0.